The van der Waals surface area contributed by atoms with Gasteiger partial charge in [-0.05, 0) is 102 Å². The molecule has 0 aliphatic carbocycles. The van der Waals surface area contributed by atoms with E-state index in [-0.39, 0.29) is 66.0 Å². The Bertz CT molecular complexity index is 4120. The van der Waals surface area contributed by atoms with Gasteiger partial charge in [0, 0.05) is 11.0 Å². The van der Waals surface area contributed by atoms with E-state index in [2.05, 4.69) is 36.7 Å². The van der Waals surface area contributed by atoms with Gasteiger partial charge >= 0.3 is 38.6 Å². The van der Waals surface area contributed by atoms with Crippen LogP contribution in [0.1, 0.15) is 28.1 Å². The number of aromatic nitrogens is 6. The Morgan fingerprint density at radius 1 is 0.481 bits per heavy atom. The fraction of sp³-hybridized carbons (Fsp3) is 0.0526. The summed E-state index contributed by atoms with van der Waals surface area (Å²) >= 11 is 0. The van der Waals surface area contributed by atoms with E-state index in [0.717, 1.165) is 43.1 Å². The van der Waals surface area contributed by atoms with Gasteiger partial charge < -0.3 is 19.4 Å². The summed E-state index contributed by atoms with van der Waals surface area (Å²) in [5.41, 5.74) is -6.87. The van der Waals surface area contributed by atoms with Crippen molar-refractivity contribution in [1.29, 1.82) is 0 Å². The summed E-state index contributed by atoms with van der Waals surface area (Å²) in [6, 6.07) is 43.6. The second-order valence-electron chi connectivity index (χ2n) is 16.8. The van der Waals surface area contributed by atoms with E-state index in [0.29, 0.717) is 33.1 Å². The van der Waals surface area contributed by atoms with E-state index in [1.807, 2.05) is 72.8 Å². The zero-order chi connectivity index (χ0) is 53.7. The second-order valence-corrected chi connectivity index (χ2v) is 16.8. The number of nitrogens with zero attached hydrogens (tertiary/aromatic N) is 6. The van der Waals surface area contributed by atoms with Gasteiger partial charge in [0.1, 0.15) is 11.3 Å². The zero-order valence-corrected chi connectivity index (χ0v) is 41.2. The Labute approximate surface area is 441 Å². The van der Waals surface area contributed by atoms with E-state index in [1.54, 1.807) is 67.0 Å². The van der Waals surface area contributed by atoms with Crippen LogP contribution in [0.5, 0.6) is 11.6 Å². The van der Waals surface area contributed by atoms with Gasteiger partial charge in [-0.15, -0.1) is 22.6 Å². The molecule has 384 valence electrons. The molecular weight excluding hydrogens is 1200 g/mol. The number of alkyl halides is 9. The summed E-state index contributed by atoms with van der Waals surface area (Å²) in [4.78, 5) is 0. The fourth-order valence-electron chi connectivity index (χ4n) is 8.59. The Kier molecular flexibility index (Phi) is 14.1. The molecule has 0 aliphatic rings. The molecule has 0 bridgehead atoms. The summed E-state index contributed by atoms with van der Waals surface area (Å²) in [6.45, 7) is 10.8. The van der Waals surface area contributed by atoms with Crippen molar-refractivity contribution < 1.29 is 79.0 Å². The maximum Gasteiger partial charge on any atom is 3.00 e. The van der Waals surface area contributed by atoms with Gasteiger partial charge in [-0.3, -0.25) is 0 Å². The summed E-state index contributed by atoms with van der Waals surface area (Å²) in [7, 11) is 0. The molecule has 0 atom stereocenters. The average Bonchev–Trinajstić information content (AvgIpc) is 3.84. The normalized spacial score (nSPS) is 11.8. The van der Waals surface area contributed by atoms with Gasteiger partial charge in [-0.2, -0.15) is 54.8 Å². The molecule has 10 nitrogen and oxygen atoms in total. The molecular formula is C57H30F9IrN6O4. The molecule has 4 heterocycles. The number of benzene rings is 8. The third kappa shape index (κ3) is 10.7. The van der Waals surface area contributed by atoms with Gasteiger partial charge in [-0.25, -0.2) is 23.4 Å². The monoisotopic (exact) mass is 1230 g/mol. The number of para-hydroxylation sites is 1. The van der Waals surface area contributed by atoms with Crippen LogP contribution in [0, 0.1) is 19.2 Å². The van der Waals surface area contributed by atoms with Crippen molar-refractivity contribution in [2.24, 2.45) is 0 Å². The number of hydrogen-bond acceptors (Lipinski definition) is 10. The van der Waals surface area contributed by atoms with Crippen LogP contribution in [0.15, 0.2) is 162 Å². The van der Waals surface area contributed by atoms with Crippen LogP contribution in [0.25, 0.3) is 98.6 Å². The predicted octanol–water partition coefficient (Wildman–Crippen LogP) is 16.1. The van der Waals surface area contributed by atoms with Crippen LogP contribution >= 0.6 is 0 Å². The Morgan fingerprint density at radius 2 is 0.922 bits per heavy atom. The first kappa shape index (κ1) is 52.8. The molecule has 0 spiro atoms. The number of ether oxygens (including phenoxy) is 1. The van der Waals surface area contributed by atoms with Gasteiger partial charge in [0.2, 0.25) is 5.88 Å². The van der Waals surface area contributed by atoms with Crippen molar-refractivity contribution in [1.82, 2.24) is 30.6 Å². The van der Waals surface area contributed by atoms with Gasteiger partial charge in [0.25, 0.3) is 0 Å². The predicted molar refractivity (Wildman–Crippen MR) is 267 cm³/mol. The number of aliphatic hydroxyl groups excluding tert-OH is 2. The van der Waals surface area contributed by atoms with E-state index in [1.165, 1.54) is 6.07 Å². The summed E-state index contributed by atoms with van der Waals surface area (Å²) in [6.07, 6.45) is -14.3. The first-order valence-corrected chi connectivity index (χ1v) is 22.3. The van der Waals surface area contributed by atoms with E-state index >= 15 is 0 Å². The molecule has 2 N–H and O–H groups in total. The molecule has 0 amide bonds. The molecule has 0 fully saturated rings. The molecule has 0 unspecified atom stereocenters. The minimum Gasteiger partial charge on any atom is -0.544 e. The third-order valence-corrected chi connectivity index (χ3v) is 12.0. The molecule has 0 saturated heterocycles. The summed E-state index contributed by atoms with van der Waals surface area (Å²) in [5, 5.41) is 51.8. The average molecular weight is 1230 g/mol. The first-order chi connectivity index (χ1) is 36.2. The maximum absolute atomic E-state index is 14.0. The minimum atomic E-state index is -6.03. The molecule has 12 aromatic rings. The molecule has 0 radical (unpaired) electrons. The number of furan rings is 1. The van der Waals surface area contributed by atoms with Crippen molar-refractivity contribution in [3.63, 3.8) is 0 Å². The van der Waals surface area contributed by atoms with Crippen molar-refractivity contribution in [3.8, 4) is 23.1 Å². The van der Waals surface area contributed by atoms with Crippen molar-refractivity contribution in [2.45, 2.75) is 18.5 Å². The van der Waals surface area contributed by atoms with Crippen LogP contribution in [-0.4, -0.2) is 40.8 Å². The van der Waals surface area contributed by atoms with Crippen molar-refractivity contribution in [3.05, 3.63) is 205 Å². The standard InChI is InChI=1S/C29H12F9N2O2.2C14H9N2O.Ir/c30-27(31,32)19-9-10-21(24(29(36,37)38)23(19)28(33,34)35)42-26-18-12-15-6-2-1-5-14(15)11-17(18)25(39-40-26)22-13-16-7-3-4-8-20(16)41-22;2*1-9(17)14-13-7-11-5-3-2-4-10(11)6-12(13)8-15-16-14;/h1-12H;2*1-8,17H;/q3*-1;+3. The summed E-state index contributed by atoms with van der Waals surface area (Å²) < 4.78 is 135. The number of rotatable bonds is 5. The van der Waals surface area contributed by atoms with E-state index in [4.69, 9.17) is 22.3 Å². The number of halogens is 9. The first-order valence-electron chi connectivity index (χ1n) is 22.3. The van der Waals surface area contributed by atoms with Crippen LogP contribution in [0.3, 0.4) is 0 Å². The Hall–Kier alpha value is -9.00. The largest absolute Gasteiger partial charge is 3.00 e. The summed E-state index contributed by atoms with van der Waals surface area (Å²) in [5.74, 6) is -2.71. The number of fused-ring (bicyclic) bond motifs is 7. The van der Waals surface area contributed by atoms with Crippen LogP contribution < -0.4 is 4.74 Å². The third-order valence-electron chi connectivity index (χ3n) is 12.0. The molecule has 0 saturated carbocycles. The van der Waals surface area contributed by atoms with Gasteiger partial charge in [-0.1, -0.05) is 120 Å². The second kappa shape index (κ2) is 20.6. The topological polar surface area (TPSA) is 140 Å². The van der Waals surface area contributed by atoms with Crippen molar-refractivity contribution >= 4 is 87.1 Å². The SMILES string of the molecule is FC(F)(F)c1ccc(Oc2nnc(-c3[c-]c4ccccc4o3)c3cc4ccccc4cc23)c(C(F)(F)F)c1C(F)(F)F.[CH-]=C(O)c1nncc2cc3ccccc3cc12.[CH-]=C(O)c1nncc2cc3ccccc3cc12.[Ir+3]. The molecule has 4 aromatic heterocycles. The molecule has 0 aliphatic heterocycles. The van der Waals surface area contributed by atoms with Crippen LogP contribution in [0.2, 0.25) is 0 Å². The number of aliphatic hydroxyl groups is 2. The van der Waals surface area contributed by atoms with Gasteiger partial charge in [0.15, 0.2) is 0 Å². The van der Waals surface area contributed by atoms with Gasteiger partial charge in [0.05, 0.1) is 35.0 Å². The van der Waals surface area contributed by atoms with Crippen LogP contribution in [-0.2, 0) is 38.6 Å². The molecule has 8 aromatic carbocycles. The molecule has 20 heteroatoms. The zero-order valence-electron chi connectivity index (χ0n) is 38.8. The quantitative estimate of drug-likeness (QED) is 0.0741. The van der Waals surface area contributed by atoms with Crippen LogP contribution in [0.4, 0.5) is 39.5 Å². The smallest absolute Gasteiger partial charge is 0.544 e. The van der Waals surface area contributed by atoms with Crippen molar-refractivity contribution in [2.75, 3.05) is 0 Å². The molecule has 77 heavy (non-hydrogen) atoms. The number of hydrogen-bond donors (Lipinski definition) is 2. The van der Waals surface area contributed by atoms with E-state index in [9.17, 15) is 49.7 Å². The molecule has 12 rings (SSSR count). The van der Waals surface area contributed by atoms with E-state index < -0.39 is 46.8 Å². The Balaban J connectivity index is 0.000000168. The minimum absolute atomic E-state index is 0. The maximum atomic E-state index is 14.0. The Morgan fingerprint density at radius 3 is 1.38 bits per heavy atom. The fourth-order valence-corrected chi connectivity index (χ4v) is 8.59.